The van der Waals surface area contributed by atoms with Crippen molar-refractivity contribution in [2.24, 2.45) is 5.73 Å². The van der Waals surface area contributed by atoms with Crippen molar-refractivity contribution < 1.29 is 27.5 Å². The van der Waals surface area contributed by atoms with Crippen LogP contribution in [0.4, 0.5) is 17.6 Å². The van der Waals surface area contributed by atoms with Crippen LogP contribution in [0, 0.1) is 5.82 Å². The lowest BCUT2D eigenvalue weighted by Gasteiger charge is -2.27. The van der Waals surface area contributed by atoms with Gasteiger partial charge in [0.15, 0.2) is 0 Å². The molecule has 0 aromatic heterocycles. The number of alkyl halides is 3. The van der Waals surface area contributed by atoms with E-state index < -0.39 is 29.9 Å². The molecule has 1 atom stereocenters. The van der Waals surface area contributed by atoms with Gasteiger partial charge in [0.25, 0.3) is 0 Å². The Labute approximate surface area is 104 Å². The molecule has 0 amide bonds. The van der Waals surface area contributed by atoms with Gasteiger partial charge in [0.05, 0.1) is 0 Å². The summed E-state index contributed by atoms with van der Waals surface area (Å²) in [5.41, 5.74) is 1.03. The summed E-state index contributed by atoms with van der Waals surface area (Å²) < 4.78 is 50.8. The minimum absolute atomic E-state index is 0.184. The first-order valence-electron chi connectivity index (χ1n) is 4.61. The minimum Gasteiger partial charge on any atom is -0.480 e. The lowest BCUT2D eigenvalue weighted by atomic mass is 9.91. The molecule has 8 heteroatoms. The number of aliphatic carboxylic acids is 1. The van der Waals surface area contributed by atoms with Crippen LogP contribution in [0.5, 0.6) is 0 Å². The van der Waals surface area contributed by atoms with E-state index in [9.17, 15) is 22.4 Å². The Kier molecular flexibility index (Phi) is 3.87. The monoisotopic (exact) mass is 285 g/mol. The van der Waals surface area contributed by atoms with Gasteiger partial charge >= 0.3 is 12.1 Å². The van der Waals surface area contributed by atoms with Gasteiger partial charge in [-0.2, -0.15) is 13.2 Å². The zero-order chi connectivity index (χ0) is 14.1. The van der Waals surface area contributed by atoms with E-state index in [2.05, 4.69) is 0 Å². The number of hydrogen-bond donors (Lipinski definition) is 2. The van der Waals surface area contributed by atoms with E-state index in [0.717, 1.165) is 18.2 Å². The fraction of sp³-hybridized carbons (Fsp3) is 0.300. The highest BCUT2D eigenvalue weighted by atomic mass is 35.5. The Hall–Kier alpha value is -1.34. The molecule has 1 aromatic rings. The molecule has 0 aliphatic rings. The third-order valence-electron chi connectivity index (χ3n) is 2.36. The van der Waals surface area contributed by atoms with Crippen molar-refractivity contribution in [1.29, 1.82) is 0 Å². The van der Waals surface area contributed by atoms with Gasteiger partial charge in [-0.1, -0.05) is 11.6 Å². The lowest BCUT2D eigenvalue weighted by Crippen LogP contribution is -2.61. The summed E-state index contributed by atoms with van der Waals surface area (Å²) in [6.45, 7) is 0. The molecule has 0 bridgehead atoms. The van der Waals surface area contributed by atoms with Gasteiger partial charge in [0.2, 0.25) is 5.54 Å². The molecule has 18 heavy (non-hydrogen) atoms. The molecule has 1 rings (SSSR count). The van der Waals surface area contributed by atoms with Gasteiger partial charge in [-0.25, -0.2) is 9.18 Å². The first-order chi connectivity index (χ1) is 8.08. The van der Waals surface area contributed by atoms with Crippen LogP contribution in [0.1, 0.15) is 5.56 Å². The third kappa shape index (κ3) is 2.73. The van der Waals surface area contributed by atoms with Gasteiger partial charge in [0.1, 0.15) is 5.82 Å². The summed E-state index contributed by atoms with van der Waals surface area (Å²) in [6, 6.07) is 2.70. The van der Waals surface area contributed by atoms with E-state index in [0.29, 0.717) is 0 Å². The summed E-state index contributed by atoms with van der Waals surface area (Å²) in [4.78, 5) is 10.7. The van der Waals surface area contributed by atoms with Crippen LogP contribution in [-0.4, -0.2) is 22.8 Å². The van der Waals surface area contributed by atoms with Crippen LogP contribution in [0.25, 0.3) is 0 Å². The molecule has 0 spiro atoms. The second kappa shape index (κ2) is 4.74. The molecular formula is C10H8ClF4NO2. The van der Waals surface area contributed by atoms with Gasteiger partial charge in [-0.3, -0.25) is 0 Å². The molecule has 0 radical (unpaired) electrons. The second-order valence-electron chi connectivity index (χ2n) is 3.69. The lowest BCUT2D eigenvalue weighted by molar-refractivity contribution is -0.201. The Morgan fingerprint density at radius 1 is 1.39 bits per heavy atom. The minimum atomic E-state index is -5.19. The average molecular weight is 286 g/mol. The zero-order valence-corrected chi connectivity index (χ0v) is 9.52. The summed E-state index contributed by atoms with van der Waals surface area (Å²) in [5.74, 6) is -3.08. The number of carboxylic acids is 1. The van der Waals surface area contributed by atoms with Crippen molar-refractivity contribution in [2.45, 2.75) is 18.1 Å². The Bertz CT molecular complexity index is 477. The molecule has 0 heterocycles. The average Bonchev–Trinajstić information content (AvgIpc) is 2.21. The number of hydrogen-bond acceptors (Lipinski definition) is 2. The quantitative estimate of drug-likeness (QED) is 0.838. The molecule has 1 aromatic carbocycles. The summed E-state index contributed by atoms with van der Waals surface area (Å²) in [6.07, 6.45) is -6.34. The molecule has 3 nitrogen and oxygen atoms in total. The maximum absolute atomic E-state index is 12.9. The second-order valence-corrected chi connectivity index (χ2v) is 4.09. The van der Waals surface area contributed by atoms with Crippen molar-refractivity contribution >= 4 is 17.6 Å². The predicted molar refractivity (Wildman–Crippen MR) is 55.7 cm³/mol. The topological polar surface area (TPSA) is 63.3 Å². The van der Waals surface area contributed by atoms with Crippen LogP contribution in [-0.2, 0) is 11.2 Å². The largest absolute Gasteiger partial charge is 0.480 e. The summed E-state index contributed by atoms with van der Waals surface area (Å²) in [7, 11) is 0. The van der Waals surface area contributed by atoms with E-state index in [4.69, 9.17) is 22.4 Å². The van der Waals surface area contributed by atoms with Crippen molar-refractivity contribution in [1.82, 2.24) is 0 Å². The SMILES string of the molecule is NC(Cc1cc(F)ccc1Cl)(C(=O)O)C(F)(F)F. The first-order valence-corrected chi connectivity index (χ1v) is 4.98. The van der Waals surface area contributed by atoms with Gasteiger partial charge in [-0.15, -0.1) is 0 Å². The van der Waals surface area contributed by atoms with Crippen LogP contribution in [0.2, 0.25) is 5.02 Å². The Morgan fingerprint density at radius 2 is 1.94 bits per heavy atom. The molecule has 0 fully saturated rings. The van der Waals surface area contributed by atoms with Gasteiger partial charge < -0.3 is 10.8 Å². The fourth-order valence-electron chi connectivity index (χ4n) is 1.28. The summed E-state index contributed by atoms with van der Waals surface area (Å²) >= 11 is 5.57. The highest BCUT2D eigenvalue weighted by molar-refractivity contribution is 6.31. The van der Waals surface area contributed by atoms with Crippen LogP contribution >= 0.6 is 11.6 Å². The third-order valence-corrected chi connectivity index (χ3v) is 2.73. The molecule has 100 valence electrons. The van der Waals surface area contributed by atoms with Crippen molar-refractivity contribution in [2.75, 3.05) is 0 Å². The highest BCUT2D eigenvalue weighted by Crippen LogP contribution is 2.33. The number of nitrogens with two attached hydrogens (primary N) is 1. The molecule has 0 aliphatic heterocycles. The predicted octanol–water partition coefficient (Wildman–Crippen LogP) is 2.37. The number of rotatable bonds is 3. The number of carboxylic acid groups (broad SMARTS) is 1. The highest BCUT2D eigenvalue weighted by Gasteiger charge is 2.58. The van der Waals surface area contributed by atoms with E-state index in [-0.39, 0.29) is 10.6 Å². The maximum atomic E-state index is 12.9. The molecule has 3 N–H and O–H groups in total. The number of carbonyl (C=O) groups is 1. The van der Waals surface area contributed by atoms with Crippen molar-refractivity contribution in [3.05, 3.63) is 34.6 Å². The van der Waals surface area contributed by atoms with Crippen LogP contribution in [0.15, 0.2) is 18.2 Å². The normalized spacial score (nSPS) is 15.2. The zero-order valence-electron chi connectivity index (χ0n) is 8.76. The van der Waals surface area contributed by atoms with Crippen LogP contribution in [0.3, 0.4) is 0 Å². The molecular weight excluding hydrogens is 278 g/mol. The van der Waals surface area contributed by atoms with Crippen molar-refractivity contribution in [3.63, 3.8) is 0 Å². The number of halogens is 5. The van der Waals surface area contributed by atoms with Gasteiger partial charge in [0, 0.05) is 11.4 Å². The smallest absolute Gasteiger partial charge is 0.417 e. The molecule has 1 unspecified atom stereocenters. The van der Waals surface area contributed by atoms with E-state index >= 15 is 0 Å². The molecule has 0 saturated carbocycles. The van der Waals surface area contributed by atoms with E-state index in [1.807, 2.05) is 0 Å². The van der Waals surface area contributed by atoms with Crippen LogP contribution < -0.4 is 5.73 Å². The first kappa shape index (κ1) is 14.7. The Morgan fingerprint density at radius 3 is 2.39 bits per heavy atom. The van der Waals surface area contributed by atoms with Gasteiger partial charge in [-0.05, 0) is 23.8 Å². The Balaban J connectivity index is 3.20. The summed E-state index contributed by atoms with van der Waals surface area (Å²) in [5, 5.41) is 8.42. The fourth-order valence-corrected chi connectivity index (χ4v) is 1.46. The van der Waals surface area contributed by atoms with E-state index in [1.54, 1.807) is 0 Å². The number of benzene rings is 1. The van der Waals surface area contributed by atoms with Crippen molar-refractivity contribution in [3.8, 4) is 0 Å². The molecule has 0 aliphatic carbocycles. The van der Waals surface area contributed by atoms with E-state index in [1.165, 1.54) is 0 Å². The molecule has 0 saturated heterocycles. The maximum Gasteiger partial charge on any atom is 0.417 e. The standard InChI is InChI=1S/C10H8ClF4NO2/c11-7-2-1-6(12)3-5(7)4-9(16,8(17)18)10(13,14)15/h1-3H,4,16H2,(H,17,18).